The van der Waals surface area contributed by atoms with E-state index in [1.165, 1.54) is 4.90 Å². The monoisotopic (exact) mass is 354 g/mol. The molecule has 0 spiro atoms. The molecule has 0 saturated carbocycles. The Bertz CT molecular complexity index is 647. The Hall–Kier alpha value is -1.58. The lowest BCUT2D eigenvalue weighted by Crippen LogP contribution is -2.41. The third-order valence-electron chi connectivity index (χ3n) is 3.27. The largest absolute Gasteiger partial charge is 0.417 e. The van der Waals surface area contributed by atoms with Gasteiger partial charge in [-0.1, -0.05) is 11.6 Å². The molecule has 1 N–H and O–H groups in total. The number of halogens is 4. The molecule has 1 aromatic heterocycles. The fraction of sp³-hybridized carbons (Fsp3) is 0.538. The minimum atomic E-state index is -4.69. The van der Waals surface area contributed by atoms with Crippen LogP contribution in [0.4, 0.5) is 13.2 Å². The van der Waals surface area contributed by atoms with Crippen LogP contribution in [0.1, 0.15) is 5.56 Å². The molecule has 6 nitrogen and oxygen atoms in total. The fourth-order valence-corrected chi connectivity index (χ4v) is 2.36. The van der Waals surface area contributed by atoms with Gasteiger partial charge in [0.05, 0.1) is 24.9 Å². The summed E-state index contributed by atoms with van der Waals surface area (Å²) in [6.07, 6.45) is -5.02. The number of aliphatic hydroxyl groups is 1. The first kappa shape index (κ1) is 17.8. The summed E-state index contributed by atoms with van der Waals surface area (Å²) in [7, 11) is 0. The van der Waals surface area contributed by atoms with E-state index in [0.29, 0.717) is 16.8 Å². The molecule has 1 aromatic rings. The van der Waals surface area contributed by atoms with Gasteiger partial charge in [0.25, 0.3) is 5.56 Å². The van der Waals surface area contributed by atoms with Crippen LogP contribution < -0.4 is 5.56 Å². The van der Waals surface area contributed by atoms with Gasteiger partial charge in [-0.15, -0.1) is 0 Å². The van der Waals surface area contributed by atoms with Crippen LogP contribution in [0.25, 0.3) is 0 Å². The molecule has 0 aliphatic carbocycles. The predicted molar refractivity (Wildman–Crippen MR) is 74.1 cm³/mol. The van der Waals surface area contributed by atoms with Gasteiger partial charge in [0.15, 0.2) is 0 Å². The highest BCUT2D eigenvalue weighted by Gasteiger charge is 2.32. The van der Waals surface area contributed by atoms with E-state index >= 15 is 0 Å². The average Bonchev–Trinajstić information content (AvgIpc) is 2.67. The Balaban J connectivity index is 2.23. The SMILES string of the molecule is O=C(Cn1cc(C(F)(F)F)cc(Cl)c1=O)N1CCOC[C@H](O)C1. The second-order valence-corrected chi connectivity index (χ2v) is 5.48. The minimum Gasteiger partial charge on any atom is -0.389 e. The number of rotatable bonds is 2. The van der Waals surface area contributed by atoms with Gasteiger partial charge in [-0.2, -0.15) is 13.2 Å². The van der Waals surface area contributed by atoms with Crippen LogP contribution in [-0.2, 0) is 22.3 Å². The third kappa shape index (κ3) is 4.46. The van der Waals surface area contributed by atoms with Crippen molar-refractivity contribution in [3.8, 4) is 0 Å². The number of aliphatic hydroxyl groups excluding tert-OH is 1. The number of hydrogen-bond donors (Lipinski definition) is 1. The Labute approximate surface area is 134 Å². The molecule has 23 heavy (non-hydrogen) atoms. The molecule has 2 heterocycles. The highest BCUT2D eigenvalue weighted by Crippen LogP contribution is 2.29. The number of hydrogen-bond acceptors (Lipinski definition) is 4. The van der Waals surface area contributed by atoms with E-state index in [1.807, 2.05) is 0 Å². The van der Waals surface area contributed by atoms with Gasteiger partial charge < -0.3 is 19.3 Å². The Morgan fingerprint density at radius 3 is 2.83 bits per heavy atom. The third-order valence-corrected chi connectivity index (χ3v) is 3.55. The maximum absolute atomic E-state index is 12.8. The number of β-amino-alcohol motifs (C(OH)–C–C–N with tert-alkyl or cyclic N) is 1. The summed E-state index contributed by atoms with van der Waals surface area (Å²) in [5.74, 6) is -0.605. The molecular weight excluding hydrogens is 341 g/mol. The maximum atomic E-state index is 12.8. The van der Waals surface area contributed by atoms with Crippen molar-refractivity contribution < 1.29 is 27.8 Å². The van der Waals surface area contributed by atoms with Gasteiger partial charge in [0, 0.05) is 19.3 Å². The number of carbonyl (C=O) groups excluding carboxylic acids is 1. The topological polar surface area (TPSA) is 71.8 Å². The normalized spacial score (nSPS) is 19.5. The zero-order chi connectivity index (χ0) is 17.2. The number of carbonyl (C=O) groups is 1. The van der Waals surface area contributed by atoms with Gasteiger partial charge in [-0.3, -0.25) is 9.59 Å². The fourth-order valence-electron chi connectivity index (χ4n) is 2.14. The van der Waals surface area contributed by atoms with Gasteiger partial charge in [-0.05, 0) is 6.07 Å². The van der Waals surface area contributed by atoms with E-state index in [2.05, 4.69) is 0 Å². The van der Waals surface area contributed by atoms with E-state index in [9.17, 15) is 27.9 Å². The van der Waals surface area contributed by atoms with E-state index in [4.69, 9.17) is 16.3 Å². The smallest absolute Gasteiger partial charge is 0.389 e. The number of pyridine rings is 1. The molecule has 1 aliphatic heterocycles. The lowest BCUT2D eigenvalue weighted by atomic mass is 10.2. The summed E-state index contributed by atoms with van der Waals surface area (Å²) in [6.45, 7) is -0.174. The maximum Gasteiger partial charge on any atom is 0.417 e. The average molecular weight is 355 g/mol. The molecule has 128 valence electrons. The van der Waals surface area contributed by atoms with Crippen molar-refractivity contribution in [3.63, 3.8) is 0 Å². The number of alkyl halides is 3. The molecule has 1 saturated heterocycles. The molecule has 0 radical (unpaired) electrons. The highest BCUT2D eigenvalue weighted by atomic mass is 35.5. The first-order chi connectivity index (χ1) is 10.7. The van der Waals surface area contributed by atoms with Crippen LogP contribution >= 0.6 is 11.6 Å². The van der Waals surface area contributed by atoms with E-state index in [-0.39, 0.29) is 26.3 Å². The second kappa shape index (κ2) is 6.90. The molecule has 10 heteroatoms. The molecule has 1 amide bonds. The van der Waals surface area contributed by atoms with Gasteiger partial charge in [0.1, 0.15) is 11.6 Å². The molecule has 0 unspecified atom stereocenters. The van der Waals surface area contributed by atoms with Gasteiger partial charge >= 0.3 is 6.18 Å². The van der Waals surface area contributed by atoms with Crippen LogP contribution in [0.3, 0.4) is 0 Å². The Morgan fingerprint density at radius 1 is 1.48 bits per heavy atom. The molecule has 0 aromatic carbocycles. The number of aromatic nitrogens is 1. The van der Waals surface area contributed by atoms with Crippen molar-refractivity contribution in [2.45, 2.75) is 18.8 Å². The Morgan fingerprint density at radius 2 is 2.17 bits per heavy atom. The number of ether oxygens (including phenoxy) is 1. The number of nitrogens with zero attached hydrogens (tertiary/aromatic N) is 2. The van der Waals surface area contributed by atoms with E-state index in [0.717, 1.165) is 0 Å². The van der Waals surface area contributed by atoms with Crippen molar-refractivity contribution in [3.05, 3.63) is 33.2 Å². The van der Waals surface area contributed by atoms with Crippen molar-refractivity contribution in [2.75, 3.05) is 26.3 Å². The van der Waals surface area contributed by atoms with Crippen molar-refractivity contribution >= 4 is 17.5 Å². The zero-order valence-corrected chi connectivity index (χ0v) is 12.6. The van der Waals surface area contributed by atoms with Crippen molar-refractivity contribution in [1.29, 1.82) is 0 Å². The molecular formula is C13H14ClF3N2O4. The Kier molecular flexibility index (Phi) is 5.33. The number of amides is 1. The summed E-state index contributed by atoms with van der Waals surface area (Å²) >= 11 is 5.53. The van der Waals surface area contributed by atoms with Crippen LogP contribution in [0, 0.1) is 0 Å². The molecule has 1 fully saturated rings. The molecule has 0 bridgehead atoms. The summed E-state index contributed by atoms with van der Waals surface area (Å²) in [5.41, 5.74) is -2.01. The van der Waals surface area contributed by atoms with Crippen molar-refractivity contribution in [1.82, 2.24) is 9.47 Å². The molecule has 1 atom stereocenters. The summed E-state index contributed by atoms with van der Waals surface area (Å²) in [6, 6.07) is 0.522. The van der Waals surface area contributed by atoms with E-state index < -0.39 is 40.9 Å². The van der Waals surface area contributed by atoms with E-state index in [1.54, 1.807) is 0 Å². The van der Waals surface area contributed by atoms with Gasteiger partial charge in [0.2, 0.25) is 5.91 Å². The summed E-state index contributed by atoms with van der Waals surface area (Å²) in [5, 5.41) is 8.95. The zero-order valence-electron chi connectivity index (χ0n) is 11.8. The lowest BCUT2D eigenvalue weighted by molar-refractivity contribution is -0.139. The molecule has 1 aliphatic rings. The first-order valence-electron chi connectivity index (χ1n) is 6.69. The van der Waals surface area contributed by atoms with Crippen LogP contribution in [-0.4, -0.2) is 52.9 Å². The van der Waals surface area contributed by atoms with Gasteiger partial charge in [-0.25, -0.2) is 0 Å². The van der Waals surface area contributed by atoms with Crippen LogP contribution in [0.5, 0.6) is 0 Å². The quantitative estimate of drug-likeness (QED) is 0.850. The first-order valence-corrected chi connectivity index (χ1v) is 7.07. The molecule has 2 rings (SSSR count). The minimum absolute atomic E-state index is 0.0136. The van der Waals surface area contributed by atoms with Crippen molar-refractivity contribution in [2.24, 2.45) is 0 Å². The van der Waals surface area contributed by atoms with Crippen LogP contribution in [0.15, 0.2) is 17.1 Å². The lowest BCUT2D eigenvalue weighted by Gasteiger charge is -2.22. The highest BCUT2D eigenvalue weighted by molar-refractivity contribution is 6.30. The van der Waals surface area contributed by atoms with Crippen LogP contribution in [0.2, 0.25) is 5.02 Å². The summed E-state index contributed by atoms with van der Waals surface area (Å²) in [4.78, 5) is 25.2. The standard InChI is InChI=1S/C13H14ClF3N2O4/c14-10-3-8(13(15,16)17)4-19(12(10)22)6-11(21)18-1-2-23-7-9(20)5-18/h3-4,9,20H,1-2,5-7H2/t9-/m1/s1. The summed E-state index contributed by atoms with van der Waals surface area (Å²) < 4.78 is 44.0. The second-order valence-electron chi connectivity index (χ2n) is 5.08. The predicted octanol–water partition coefficient (Wildman–Crippen LogP) is 0.740.